The first kappa shape index (κ1) is 21.9. The van der Waals surface area contributed by atoms with Crippen molar-refractivity contribution in [3.8, 4) is 0 Å². The van der Waals surface area contributed by atoms with Crippen LogP contribution in [0.1, 0.15) is 50.5 Å². The number of anilines is 1. The van der Waals surface area contributed by atoms with Gasteiger partial charge < -0.3 is 9.80 Å². The molecule has 0 N–H and O–H groups in total. The quantitative estimate of drug-likeness (QED) is 0.650. The summed E-state index contributed by atoms with van der Waals surface area (Å²) in [6, 6.07) is 2.05. The zero-order chi connectivity index (χ0) is 21.3. The molecule has 0 aromatic carbocycles. The second-order valence-electron chi connectivity index (χ2n) is 8.37. The topological polar surface area (TPSA) is 89.9 Å². The van der Waals surface area contributed by atoms with Gasteiger partial charge in [0.1, 0.15) is 11.6 Å². The highest BCUT2D eigenvalue weighted by molar-refractivity contribution is 7.86. The summed E-state index contributed by atoms with van der Waals surface area (Å²) in [6.45, 7) is 5.87. The molecular formula is C19H32N6O3S. The van der Waals surface area contributed by atoms with Crippen LogP contribution in [0, 0.1) is 0 Å². The van der Waals surface area contributed by atoms with Crippen LogP contribution in [0.15, 0.2) is 6.07 Å². The fraction of sp³-hybridized carbons (Fsp3) is 0.737. The van der Waals surface area contributed by atoms with Crippen LogP contribution >= 0.6 is 0 Å². The summed E-state index contributed by atoms with van der Waals surface area (Å²) in [4.78, 5) is 25.3. The van der Waals surface area contributed by atoms with Gasteiger partial charge in [-0.05, 0) is 26.7 Å². The molecule has 0 spiro atoms. The third kappa shape index (κ3) is 4.70. The zero-order valence-electron chi connectivity index (χ0n) is 18.0. The van der Waals surface area contributed by atoms with Crippen molar-refractivity contribution < 1.29 is 13.2 Å². The number of nitrogens with zero attached hydrogens (tertiary/aromatic N) is 6. The van der Waals surface area contributed by atoms with Crippen LogP contribution < -0.4 is 4.90 Å². The normalized spacial score (nSPS) is 21.0. The molecule has 9 nitrogen and oxygen atoms in total. The van der Waals surface area contributed by atoms with Gasteiger partial charge in [0.15, 0.2) is 0 Å². The lowest BCUT2D eigenvalue weighted by atomic mass is 10.0. The van der Waals surface area contributed by atoms with Crippen LogP contribution in [0.3, 0.4) is 0 Å². The Morgan fingerprint density at radius 3 is 2.38 bits per heavy atom. The van der Waals surface area contributed by atoms with Gasteiger partial charge in [0, 0.05) is 65.2 Å². The molecule has 0 radical (unpaired) electrons. The lowest BCUT2D eigenvalue weighted by molar-refractivity contribution is -0.129. The number of hydrogen-bond acceptors (Lipinski definition) is 6. The number of carbonyl (C=O) groups excluding carboxylic acids is 1. The molecule has 1 atom stereocenters. The maximum atomic E-state index is 12.8. The van der Waals surface area contributed by atoms with Crippen molar-refractivity contribution >= 4 is 21.9 Å². The van der Waals surface area contributed by atoms with Crippen molar-refractivity contribution in [1.82, 2.24) is 23.5 Å². The lowest BCUT2D eigenvalue weighted by Gasteiger charge is -2.24. The Labute approximate surface area is 173 Å². The van der Waals surface area contributed by atoms with Crippen LogP contribution in [0.5, 0.6) is 0 Å². The van der Waals surface area contributed by atoms with E-state index in [9.17, 15) is 13.2 Å². The molecule has 0 unspecified atom stereocenters. The average Bonchev–Trinajstić information content (AvgIpc) is 3.31. The van der Waals surface area contributed by atoms with Gasteiger partial charge in [-0.3, -0.25) is 4.79 Å². The van der Waals surface area contributed by atoms with E-state index < -0.39 is 10.2 Å². The average molecular weight is 425 g/mol. The molecule has 162 valence electrons. The fourth-order valence-electron chi connectivity index (χ4n) is 3.84. The van der Waals surface area contributed by atoms with Crippen molar-refractivity contribution in [3.63, 3.8) is 0 Å². The van der Waals surface area contributed by atoms with Gasteiger partial charge in [-0.15, -0.1) is 0 Å². The summed E-state index contributed by atoms with van der Waals surface area (Å²) in [6.07, 6.45) is 2.21. The molecule has 1 aromatic rings. The van der Waals surface area contributed by atoms with E-state index in [1.165, 1.54) is 8.61 Å². The number of hydrogen-bond donors (Lipinski definition) is 0. The maximum Gasteiger partial charge on any atom is 0.282 e. The summed E-state index contributed by atoms with van der Waals surface area (Å²) in [7, 11) is 1.83. The predicted molar refractivity (Wildman–Crippen MR) is 112 cm³/mol. The first-order valence-corrected chi connectivity index (χ1v) is 11.6. The van der Waals surface area contributed by atoms with Crippen LogP contribution in [-0.2, 0) is 21.5 Å². The van der Waals surface area contributed by atoms with E-state index in [4.69, 9.17) is 0 Å². The molecule has 2 saturated heterocycles. The Morgan fingerprint density at radius 2 is 1.83 bits per heavy atom. The van der Waals surface area contributed by atoms with E-state index in [0.29, 0.717) is 37.7 Å². The number of aromatic nitrogens is 2. The van der Waals surface area contributed by atoms with Crippen LogP contribution in [0.4, 0.5) is 5.82 Å². The minimum Gasteiger partial charge on any atom is -0.363 e. The number of carbonyl (C=O) groups is 1. The Morgan fingerprint density at radius 1 is 1.17 bits per heavy atom. The summed E-state index contributed by atoms with van der Waals surface area (Å²) in [5, 5.41) is 0. The molecule has 0 saturated carbocycles. The van der Waals surface area contributed by atoms with Crippen molar-refractivity contribution in [1.29, 1.82) is 0 Å². The fourth-order valence-corrected chi connectivity index (χ4v) is 5.23. The van der Waals surface area contributed by atoms with Crippen molar-refractivity contribution in [2.75, 3.05) is 45.7 Å². The van der Waals surface area contributed by atoms with Crippen LogP contribution in [0.25, 0.3) is 0 Å². The van der Waals surface area contributed by atoms with E-state index in [1.54, 1.807) is 7.05 Å². The van der Waals surface area contributed by atoms with Crippen molar-refractivity contribution in [3.05, 3.63) is 17.6 Å². The molecule has 2 aliphatic rings. The minimum absolute atomic E-state index is 0.00848. The van der Waals surface area contributed by atoms with Gasteiger partial charge >= 0.3 is 0 Å². The molecule has 0 bridgehead atoms. The Balaban J connectivity index is 1.85. The summed E-state index contributed by atoms with van der Waals surface area (Å²) in [5.74, 6) is 1.29. The molecule has 3 rings (SSSR count). The smallest absolute Gasteiger partial charge is 0.282 e. The molecule has 2 fully saturated rings. The van der Waals surface area contributed by atoms with Crippen molar-refractivity contribution in [2.45, 2.75) is 51.6 Å². The standard InChI is InChI=1S/C19H32N6O3S/c1-14(2)25-12-15(10-19(25)26)16-11-18(22(3)4)21-17(20-16)13-23(5)29(27,28)24-8-6-7-9-24/h11,14-15H,6-10,12-13H2,1-5H3/t15-/m0/s1. The van der Waals surface area contributed by atoms with Gasteiger partial charge in [0.25, 0.3) is 10.2 Å². The maximum absolute atomic E-state index is 12.8. The third-order valence-corrected chi connectivity index (χ3v) is 7.52. The molecule has 10 heteroatoms. The molecule has 3 heterocycles. The van der Waals surface area contributed by atoms with E-state index in [0.717, 1.165) is 18.5 Å². The number of amides is 1. The van der Waals surface area contributed by atoms with E-state index in [1.807, 2.05) is 43.8 Å². The SMILES string of the molecule is CC(C)N1C[C@@H](c2cc(N(C)C)nc(CN(C)S(=O)(=O)N3CCCC3)n2)CC1=O. The van der Waals surface area contributed by atoms with Gasteiger partial charge in [0.05, 0.1) is 12.2 Å². The van der Waals surface area contributed by atoms with Crippen LogP contribution in [-0.4, -0.2) is 84.6 Å². The summed E-state index contributed by atoms with van der Waals surface area (Å²) in [5.41, 5.74) is 0.794. The predicted octanol–water partition coefficient (Wildman–Crippen LogP) is 1.04. The zero-order valence-corrected chi connectivity index (χ0v) is 18.8. The first-order chi connectivity index (χ1) is 13.6. The van der Waals surface area contributed by atoms with E-state index >= 15 is 0 Å². The van der Waals surface area contributed by atoms with Crippen LogP contribution in [0.2, 0.25) is 0 Å². The van der Waals surface area contributed by atoms with Gasteiger partial charge in [0.2, 0.25) is 5.91 Å². The largest absolute Gasteiger partial charge is 0.363 e. The summed E-state index contributed by atoms with van der Waals surface area (Å²) < 4.78 is 28.4. The van der Waals surface area contributed by atoms with Gasteiger partial charge in [-0.25, -0.2) is 9.97 Å². The second kappa shape index (κ2) is 8.53. The minimum atomic E-state index is -3.52. The Hall–Kier alpha value is -1.78. The number of rotatable bonds is 7. The highest BCUT2D eigenvalue weighted by atomic mass is 32.2. The second-order valence-corrected chi connectivity index (χ2v) is 10.4. The number of likely N-dealkylation sites (tertiary alicyclic amines) is 1. The molecule has 1 amide bonds. The monoisotopic (exact) mass is 424 g/mol. The lowest BCUT2D eigenvalue weighted by Crippen LogP contribution is -2.40. The molecule has 29 heavy (non-hydrogen) atoms. The molecular weight excluding hydrogens is 392 g/mol. The third-order valence-electron chi connectivity index (χ3n) is 5.59. The van der Waals surface area contributed by atoms with Gasteiger partial charge in [-0.2, -0.15) is 17.0 Å². The summed E-state index contributed by atoms with van der Waals surface area (Å²) >= 11 is 0. The highest BCUT2D eigenvalue weighted by Crippen LogP contribution is 2.30. The van der Waals surface area contributed by atoms with E-state index in [-0.39, 0.29) is 24.4 Å². The highest BCUT2D eigenvalue weighted by Gasteiger charge is 2.34. The van der Waals surface area contributed by atoms with Gasteiger partial charge in [-0.1, -0.05) is 0 Å². The molecule has 2 aliphatic heterocycles. The first-order valence-electron chi connectivity index (χ1n) is 10.2. The van der Waals surface area contributed by atoms with E-state index in [2.05, 4.69) is 9.97 Å². The molecule has 1 aromatic heterocycles. The molecule has 0 aliphatic carbocycles. The van der Waals surface area contributed by atoms with Crippen molar-refractivity contribution in [2.24, 2.45) is 0 Å². The Kier molecular flexibility index (Phi) is 6.45. The Bertz CT molecular complexity index is 852.